The molecule has 3 aromatic carbocycles. The Bertz CT molecular complexity index is 1490. The first-order valence-corrected chi connectivity index (χ1v) is 12.8. The van der Waals surface area contributed by atoms with E-state index in [1.807, 2.05) is 37.2 Å². The van der Waals surface area contributed by atoms with Crippen LogP contribution in [0.1, 0.15) is 15.9 Å². The Kier molecular flexibility index (Phi) is 7.64. The van der Waals surface area contributed by atoms with Gasteiger partial charge in [0.25, 0.3) is 0 Å². The Labute approximate surface area is 230 Å². The number of aromatic nitrogens is 1. The SMILES string of the molecule is CN(C)c1ccc(C(=O)c2ccccc2-n2cc(O[C@H]3O[C@H](CO)[C@@H](O)[C@H](O)[C@H]3O)c3ccc(Cl)cc32)cc1. The topological polar surface area (TPSA) is 125 Å². The van der Waals surface area contributed by atoms with E-state index in [0.717, 1.165) is 5.69 Å². The van der Waals surface area contributed by atoms with Gasteiger partial charge in [-0.3, -0.25) is 4.79 Å². The zero-order valence-electron chi connectivity index (χ0n) is 21.3. The first-order valence-electron chi connectivity index (χ1n) is 12.4. The number of rotatable bonds is 7. The number of nitrogens with zero attached hydrogens (tertiary/aromatic N) is 2. The maximum Gasteiger partial charge on any atom is 0.229 e. The number of carbonyl (C=O) groups excluding carboxylic acids is 1. The molecule has 0 saturated carbocycles. The highest BCUT2D eigenvalue weighted by atomic mass is 35.5. The van der Waals surface area contributed by atoms with E-state index in [2.05, 4.69) is 0 Å². The van der Waals surface area contributed by atoms with E-state index in [9.17, 15) is 25.2 Å². The number of carbonyl (C=O) groups is 1. The Morgan fingerprint density at radius 1 is 1.00 bits per heavy atom. The van der Waals surface area contributed by atoms with Gasteiger partial charge in [-0.15, -0.1) is 0 Å². The lowest BCUT2D eigenvalue weighted by Crippen LogP contribution is -2.60. The fourth-order valence-corrected chi connectivity index (χ4v) is 4.86. The smallest absolute Gasteiger partial charge is 0.229 e. The van der Waals surface area contributed by atoms with E-state index in [1.165, 1.54) is 0 Å². The number of para-hydroxylation sites is 1. The quantitative estimate of drug-likeness (QED) is 0.258. The highest BCUT2D eigenvalue weighted by Gasteiger charge is 2.45. The number of ether oxygens (including phenoxy) is 2. The van der Waals surface area contributed by atoms with Crippen molar-refractivity contribution in [1.82, 2.24) is 4.57 Å². The molecule has 1 saturated heterocycles. The fraction of sp³-hybridized carbons (Fsp3) is 0.276. The van der Waals surface area contributed by atoms with Crippen molar-refractivity contribution in [1.29, 1.82) is 0 Å². The van der Waals surface area contributed by atoms with Crippen molar-refractivity contribution in [2.45, 2.75) is 30.7 Å². The highest BCUT2D eigenvalue weighted by molar-refractivity contribution is 6.31. The number of fused-ring (bicyclic) bond motifs is 1. The van der Waals surface area contributed by atoms with Crippen molar-refractivity contribution in [2.75, 3.05) is 25.6 Å². The van der Waals surface area contributed by atoms with Crippen molar-refractivity contribution in [2.24, 2.45) is 0 Å². The predicted molar refractivity (Wildman–Crippen MR) is 147 cm³/mol. The van der Waals surface area contributed by atoms with Crippen LogP contribution in [-0.4, -0.2) is 82.2 Å². The molecule has 4 N–H and O–H groups in total. The summed E-state index contributed by atoms with van der Waals surface area (Å²) < 4.78 is 13.3. The van der Waals surface area contributed by atoms with Gasteiger partial charge in [-0.1, -0.05) is 23.7 Å². The van der Waals surface area contributed by atoms with Gasteiger partial charge >= 0.3 is 0 Å². The standard InChI is InChI=1S/C29H29ClN2O7/c1-31(2)18-10-7-16(8-11-18)25(34)20-5-3-4-6-21(20)32-14-23(19-12-9-17(30)13-22(19)32)38-29-28(37)27(36)26(35)24(15-33)39-29/h3-14,24,26-29,33,35-37H,15H2,1-2H3/t24-,26-,27+,28-,29+/m1/s1. The molecule has 9 nitrogen and oxygen atoms in total. The Balaban J connectivity index is 1.56. The third kappa shape index (κ3) is 5.12. The van der Waals surface area contributed by atoms with Crippen molar-refractivity contribution in [3.63, 3.8) is 0 Å². The van der Waals surface area contributed by atoms with Crippen LogP contribution in [0.4, 0.5) is 5.69 Å². The summed E-state index contributed by atoms with van der Waals surface area (Å²) in [6.45, 7) is -0.576. The van der Waals surface area contributed by atoms with Crippen LogP contribution < -0.4 is 9.64 Å². The van der Waals surface area contributed by atoms with Crippen LogP contribution in [0.3, 0.4) is 0 Å². The minimum Gasteiger partial charge on any atom is -0.460 e. The summed E-state index contributed by atoms with van der Waals surface area (Å²) in [4.78, 5) is 15.6. The van der Waals surface area contributed by atoms with Gasteiger partial charge < -0.3 is 39.4 Å². The summed E-state index contributed by atoms with van der Waals surface area (Å²) in [6.07, 6.45) is -5.51. The van der Waals surface area contributed by atoms with Gasteiger partial charge in [-0.2, -0.15) is 0 Å². The molecule has 5 rings (SSSR count). The van der Waals surface area contributed by atoms with Gasteiger partial charge in [-0.25, -0.2) is 0 Å². The third-order valence-electron chi connectivity index (χ3n) is 6.88. The number of aliphatic hydroxyl groups excluding tert-OH is 4. The maximum absolute atomic E-state index is 13.6. The zero-order valence-corrected chi connectivity index (χ0v) is 22.1. The number of aliphatic hydroxyl groups is 4. The first kappa shape index (κ1) is 27.1. The number of ketones is 1. The molecule has 0 radical (unpaired) electrons. The Morgan fingerprint density at radius 2 is 1.72 bits per heavy atom. The lowest BCUT2D eigenvalue weighted by atomic mass is 9.99. The molecule has 2 heterocycles. The zero-order chi connectivity index (χ0) is 27.8. The summed E-state index contributed by atoms with van der Waals surface area (Å²) in [5, 5.41) is 41.4. The average Bonchev–Trinajstić information content (AvgIpc) is 3.29. The molecule has 0 amide bonds. The van der Waals surface area contributed by atoms with E-state index in [4.69, 9.17) is 21.1 Å². The van der Waals surface area contributed by atoms with Gasteiger partial charge in [0.2, 0.25) is 6.29 Å². The summed E-state index contributed by atoms with van der Waals surface area (Å²) in [5.74, 6) is 0.111. The van der Waals surface area contributed by atoms with Gasteiger partial charge in [0, 0.05) is 41.3 Å². The molecular formula is C29H29ClN2O7. The van der Waals surface area contributed by atoms with Crippen molar-refractivity contribution >= 4 is 34.0 Å². The summed E-state index contributed by atoms with van der Waals surface area (Å²) in [7, 11) is 3.86. The second-order valence-corrected chi connectivity index (χ2v) is 10.1. The van der Waals surface area contributed by atoms with E-state index in [-0.39, 0.29) is 11.5 Å². The van der Waals surface area contributed by atoms with Gasteiger partial charge in [0.15, 0.2) is 5.78 Å². The second kappa shape index (κ2) is 11.0. The van der Waals surface area contributed by atoms with Gasteiger partial charge in [0.1, 0.15) is 30.2 Å². The Hall–Kier alpha value is -3.44. The number of hydrogen-bond acceptors (Lipinski definition) is 8. The molecule has 39 heavy (non-hydrogen) atoms. The van der Waals surface area contributed by atoms with Crippen LogP contribution in [0.2, 0.25) is 5.02 Å². The minimum atomic E-state index is -1.58. The van der Waals surface area contributed by atoms with Crippen LogP contribution in [0, 0.1) is 0 Å². The van der Waals surface area contributed by atoms with Crippen molar-refractivity contribution < 1.29 is 34.7 Å². The monoisotopic (exact) mass is 552 g/mol. The fourth-order valence-electron chi connectivity index (χ4n) is 4.69. The molecule has 10 heteroatoms. The molecule has 0 unspecified atom stereocenters. The molecule has 1 aromatic heterocycles. The van der Waals surface area contributed by atoms with E-state index in [1.54, 1.807) is 59.3 Å². The maximum atomic E-state index is 13.6. The first-order chi connectivity index (χ1) is 18.7. The molecule has 5 atom stereocenters. The second-order valence-electron chi connectivity index (χ2n) is 9.63. The third-order valence-corrected chi connectivity index (χ3v) is 7.11. The largest absolute Gasteiger partial charge is 0.460 e. The van der Waals surface area contributed by atoms with E-state index >= 15 is 0 Å². The summed E-state index contributed by atoms with van der Waals surface area (Å²) in [6, 6.07) is 19.6. The van der Waals surface area contributed by atoms with Gasteiger partial charge in [-0.05, 0) is 54.6 Å². The van der Waals surface area contributed by atoms with Gasteiger partial charge in [0.05, 0.1) is 24.0 Å². The molecular weight excluding hydrogens is 524 g/mol. The lowest BCUT2D eigenvalue weighted by molar-refractivity contribution is -0.277. The molecule has 4 aromatic rings. The average molecular weight is 553 g/mol. The molecule has 1 aliphatic heterocycles. The van der Waals surface area contributed by atoms with Crippen LogP contribution in [0.5, 0.6) is 5.75 Å². The summed E-state index contributed by atoms with van der Waals surface area (Å²) in [5.41, 5.74) is 3.16. The van der Waals surface area contributed by atoms with Crippen molar-refractivity contribution in [3.05, 3.63) is 89.1 Å². The lowest BCUT2D eigenvalue weighted by Gasteiger charge is -2.39. The van der Waals surface area contributed by atoms with Crippen LogP contribution in [0.25, 0.3) is 16.6 Å². The number of halogens is 1. The molecule has 0 spiro atoms. The molecule has 204 valence electrons. The van der Waals surface area contributed by atoms with E-state index in [0.29, 0.717) is 32.7 Å². The number of anilines is 1. The molecule has 1 fully saturated rings. The van der Waals surface area contributed by atoms with Crippen LogP contribution in [0.15, 0.2) is 72.9 Å². The molecule has 1 aliphatic rings. The van der Waals surface area contributed by atoms with Crippen LogP contribution in [-0.2, 0) is 4.74 Å². The number of benzene rings is 3. The summed E-state index contributed by atoms with van der Waals surface area (Å²) >= 11 is 6.34. The minimum absolute atomic E-state index is 0.170. The highest BCUT2D eigenvalue weighted by Crippen LogP contribution is 2.36. The number of hydrogen-bond donors (Lipinski definition) is 4. The Morgan fingerprint density at radius 3 is 2.41 bits per heavy atom. The predicted octanol–water partition coefficient (Wildman–Crippen LogP) is 2.76. The van der Waals surface area contributed by atoms with E-state index < -0.39 is 37.3 Å². The van der Waals surface area contributed by atoms with Crippen LogP contribution >= 0.6 is 11.6 Å². The normalized spacial score (nSPS) is 23.1. The van der Waals surface area contributed by atoms with Crippen molar-refractivity contribution in [3.8, 4) is 11.4 Å². The molecule has 0 aliphatic carbocycles. The molecule has 0 bridgehead atoms.